The van der Waals surface area contributed by atoms with Crippen LogP contribution in [0.25, 0.3) is 0 Å². The van der Waals surface area contributed by atoms with Crippen molar-refractivity contribution in [1.82, 2.24) is 5.32 Å². The van der Waals surface area contributed by atoms with Gasteiger partial charge in [-0.25, -0.2) is 0 Å². The summed E-state index contributed by atoms with van der Waals surface area (Å²) < 4.78 is 12.0. The van der Waals surface area contributed by atoms with Crippen molar-refractivity contribution in [1.29, 1.82) is 0 Å². The molecule has 5 heteroatoms. The smallest absolute Gasteiger partial charge is 0.222 e. The van der Waals surface area contributed by atoms with Crippen molar-refractivity contribution >= 4 is 21.8 Å². The second-order valence-corrected chi connectivity index (χ2v) is 6.12. The summed E-state index contributed by atoms with van der Waals surface area (Å²) in [4.78, 5) is 11.9. The second-order valence-electron chi connectivity index (χ2n) is 5.27. The van der Waals surface area contributed by atoms with Gasteiger partial charge in [0.1, 0.15) is 0 Å². The summed E-state index contributed by atoms with van der Waals surface area (Å²) in [7, 11) is 0. The summed E-state index contributed by atoms with van der Waals surface area (Å²) in [6, 6.07) is 7.88. The van der Waals surface area contributed by atoms with Crippen molar-refractivity contribution in [2.75, 3.05) is 19.8 Å². The Morgan fingerprint density at radius 3 is 3.05 bits per heavy atom. The molecule has 2 atom stereocenters. The predicted molar refractivity (Wildman–Crippen MR) is 85.1 cm³/mol. The molecular weight excluding hydrogens is 334 g/mol. The van der Waals surface area contributed by atoms with E-state index in [2.05, 4.69) is 21.2 Å². The highest BCUT2D eigenvalue weighted by molar-refractivity contribution is 9.10. The maximum Gasteiger partial charge on any atom is 0.222 e. The van der Waals surface area contributed by atoms with E-state index in [1.165, 1.54) is 0 Å². The number of halogens is 1. The van der Waals surface area contributed by atoms with Gasteiger partial charge in [-0.05, 0) is 31.4 Å². The molecule has 0 spiro atoms. The third-order valence-electron chi connectivity index (χ3n) is 3.55. The van der Waals surface area contributed by atoms with Crippen molar-refractivity contribution in [3.05, 3.63) is 34.3 Å². The minimum Gasteiger partial charge on any atom is -0.378 e. The quantitative estimate of drug-likeness (QED) is 0.764. The van der Waals surface area contributed by atoms with Gasteiger partial charge in [-0.1, -0.05) is 34.1 Å². The zero-order valence-corrected chi connectivity index (χ0v) is 13.9. The zero-order valence-electron chi connectivity index (χ0n) is 12.3. The summed E-state index contributed by atoms with van der Waals surface area (Å²) in [5.74, 6) is 0.00518. The normalized spacial score (nSPS) is 19.4. The third-order valence-corrected chi connectivity index (χ3v) is 4.27. The molecule has 0 aromatic heterocycles. The Morgan fingerprint density at radius 2 is 2.33 bits per heavy atom. The lowest BCUT2D eigenvalue weighted by Gasteiger charge is -2.16. The number of carbonyl (C=O) groups is 1. The first kappa shape index (κ1) is 16.5. The highest BCUT2D eigenvalue weighted by atomic mass is 79.9. The molecule has 0 bridgehead atoms. The van der Waals surface area contributed by atoms with Crippen molar-refractivity contribution in [2.45, 2.75) is 38.3 Å². The fourth-order valence-corrected chi connectivity index (χ4v) is 3.00. The molecule has 116 valence electrons. The first-order valence-electron chi connectivity index (χ1n) is 7.40. The molecule has 4 nitrogen and oxygen atoms in total. The van der Waals surface area contributed by atoms with Crippen LogP contribution < -0.4 is 5.32 Å². The highest BCUT2D eigenvalue weighted by Gasteiger charge is 2.16. The third kappa shape index (κ3) is 5.41. The molecule has 0 aliphatic carbocycles. The molecule has 1 aromatic carbocycles. The Hall–Kier alpha value is -0.910. The minimum absolute atomic E-state index is 0.00518. The van der Waals surface area contributed by atoms with E-state index in [0.29, 0.717) is 19.6 Å². The maximum atomic E-state index is 11.9. The number of hydrogen-bond acceptors (Lipinski definition) is 3. The number of benzene rings is 1. The highest BCUT2D eigenvalue weighted by Crippen LogP contribution is 2.22. The van der Waals surface area contributed by atoms with Crippen molar-refractivity contribution in [2.24, 2.45) is 0 Å². The average molecular weight is 356 g/mol. The Kier molecular flexibility index (Phi) is 6.67. The van der Waals surface area contributed by atoms with E-state index in [-0.39, 0.29) is 18.1 Å². The molecule has 0 saturated carbocycles. The van der Waals surface area contributed by atoms with E-state index < -0.39 is 0 Å². The Labute approximate surface area is 134 Å². The van der Waals surface area contributed by atoms with Crippen LogP contribution in [0.5, 0.6) is 0 Å². The van der Waals surface area contributed by atoms with E-state index >= 15 is 0 Å². The van der Waals surface area contributed by atoms with E-state index in [4.69, 9.17) is 9.47 Å². The van der Waals surface area contributed by atoms with Crippen LogP contribution in [0.2, 0.25) is 0 Å². The van der Waals surface area contributed by atoms with Gasteiger partial charge in [-0.15, -0.1) is 0 Å². The molecule has 0 radical (unpaired) electrons. The lowest BCUT2D eigenvalue weighted by molar-refractivity contribution is -0.123. The molecule has 1 heterocycles. The van der Waals surface area contributed by atoms with Crippen LogP contribution in [0.15, 0.2) is 28.7 Å². The van der Waals surface area contributed by atoms with E-state index in [1.807, 2.05) is 31.2 Å². The monoisotopic (exact) mass is 355 g/mol. The van der Waals surface area contributed by atoms with Gasteiger partial charge in [-0.2, -0.15) is 0 Å². The summed E-state index contributed by atoms with van der Waals surface area (Å²) in [5, 5.41) is 2.99. The van der Waals surface area contributed by atoms with E-state index in [9.17, 15) is 4.79 Å². The van der Waals surface area contributed by atoms with Gasteiger partial charge in [0, 0.05) is 17.5 Å². The fraction of sp³-hybridized carbons (Fsp3) is 0.562. The molecule has 1 amide bonds. The molecular formula is C16H22BrNO3. The van der Waals surface area contributed by atoms with Crippen molar-refractivity contribution in [3.63, 3.8) is 0 Å². The number of rotatable bonds is 7. The topological polar surface area (TPSA) is 47.6 Å². The fourth-order valence-electron chi connectivity index (χ4n) is 2.37. The molecule has 21 heavy (non-hydrogen) atoms. The SMILES string of the molecule is CC(NC(=O)CCOCC1CCCO1)c1ccccc1Br. The van der Waals surface area contributed by atoms with E-state index in [1.54, 1.807) is 0 Å². The number of hydrogen-bond donors (Lipinski definition) is 1. The molecule has 2 unspecified atom stereocenters. The first-order chi connectivity index (χ1) is 10.2. The predicted octanol–water partition coefficient (Wildman–Crippen LogP) is 3.21. The molecule has 1 saturated heterocycles. The molecule has 1 fully saturated rings. The lowest BCUT2D eigenvalue weighted by Crippen LogP contribution is -2.28. The van der Waals surface area contributed by atoms with Crippen LogP contribution in [0, 0.1) is 0 Å². The van der Waals surface area contributed by atoms with Gasteiger partial charge in [0.05, 0.1) is 25.4 Å². The number of ether oxygens (including phenoxy) is 2. The maximum absolute atomic E-state index is 11.9. The van der Waals surface area contributed by atoms with Crippen LogP contribution in [0.4, 0.5) is 0 Å². The first-order valence-corrected chi connectivity index (χ1v) is 8.19. The largest absolute Gasteiger partial charge is 0.378 e. The standard InChI is InChI=1S/C16H22BrNO3/c1-12(14-6-2-3-7-15(14)17)18-16(19)8-10-20-11-13-5-4-9-21-13/h2-3,6-7,12-13H,4-5,8-11H2,1H3,(H,18,19). The molecule has 1 aliphatic heterocycles. The van der Waals surface area contributed by atoms with Crippen LogP contribution in [-0.4, -0.2) is 31.8 Å². The number of nitrogens with one attached hydrogen (secondary N) is 1. The summed E-state index contributed by atoms with van der Waals surface area (Å²) in [6.45, 7) is 3.84. The van der Waals surface area contributed by atoms with Gasteiger partial charge in [-0.3, -0.25) is 4.79 Å². The Balaban J connectivity index is 1.65. The van der Waals surface area contributed by atoms with Gasteiger partial charge in [0.25, 0.3) is 0 Å². The van der Waals surface area contributed by atoms with Gasteiger partial charge >= 0.3 is 0 Å². The second kappa shape index (κ2) is 8.51. The number of carbonyl (C=O) groups excluding carboxylic acids is 1. The number of amides is 1. The van der Waals surface area contributed by atoms with Gasteiger partial charge in [0.2, 0.25) is 5.91 Å². The Bertz CT molecular complexity index is 461. The average Bonchev–Trinajstić information content (AvgIpc) is 2.97. The lowest BCUT2D eigenvalue weighted by atomic mass is 10.1. The molecule has 1 N–H and O–H groups in total. The summed E-state index contributed by atoms with van der Waals surface area (Å²) >= 11 is 3.50. The Morgan fingerprint density at radius 1 is 1.52 bits per heavy atom. The minimum atomic E-state index is -0.0220. The van der Waals surface area contributed by atoms with Gasteiger partial charge < -0.3 is 14.8 Å². The van der Waals surface area contributed by atoms with Crippen LogP contribution in [0.1, 0.15) is 37.8 Å². The summed E-state index contributed by atoms with van der Waals surface area (Å²) in [5.41, 5.74) is 1.08. The zero-order chi connectivity index (χ0) is 15.1. The molecule has 1 aromatic rings. The van der Waals surface area contributed by atoms with E-state index in [0.717, 1.165) is 29.5 Å². The summed E-state index contributed by atoms with van der Waals surface area (Å²) in [6.07, 6.45) is 2.76. The van der Waals surface area contributed by atoms with Crippen LogP contribution in [-0.2, 0) is 14.3 Å². The molecule has 1 aliphatic rings. The van der Waals surface area contributed by atoms with Gasteiger partial charge in [0.15, 0.2) is 0 Å². The van der Waals surface area contributed by atoms with Crippen molar-refractivity contribution in [3.8, 4) is 0 Å². The van der Waals surface area contributed by atoms with Crippen LogP contribution in [0.3, 0.4) is 0 Å². The van der Waals surface area contributed by atoms with Crippen LogP contribution >= 0.6 is 15.9 Å². The molecule has 2 rings (SSSR count). The van der Waals surface area contributed by atoms with Crippen molar-refractivity contribution < 1.29 is 14.3 Å².